The minimum absolute atomic E-state index is 0.000296. The van der Waals surface area contributed by atoms with E-state index in [2.05, 4.69) is 25.9 Å². The molecule has 3 unspecified atom stereocenters. The lowest BCUT2D eigenvalue weighted by molar-refractivity contribution is -0.145. The maximum Gasteiger partial charge on any atom is 0.410 e. The van der Waals surface area contributed by atoms with Crippen molar-refractivity contribution >= 4 is 47.3 Å². The highest BCUT2D eigenvalue weighted by Crippen LogP contribution is 2.40. The fourth-order valence-electron chi connectivity index (χ4n) is 7.42. The Balaban J connectivity index is 1.35. The Morgan fingerprint density at radius 2 is 1.59 bits per heavy atom. The minimum Gasteiger partial charge on any atom is -0.469 e. The van der Waals surface area contributed by atoms with Gasteiger partial charge in [-0.05, 0) is 42.2 Å². The van der Waals surface area contributed by atoms with Crippen LogP contribution < -0.4 is 16.0 Å². The van der Waals surface area contributed by atoms with Gasteiger partial charge in [0.15, 0.2) is 0 Å². The molecule has 17 heteroatoms. The second-order valence-electron chi connectivity index (χ2n) is 15.8. The molecule has 312 valence electrons. The molecular formula is C41H53N7O10. The van der Waals surface area contributed by atoms with E-state index in [1.807, 2.05) is 24.3 Å². The number of benzene rings is 1. The first kappa shape index (κ1) is 43.4. The molecule has 0 radical (unpaired) electrons. The van der Waals surface area contributed by atoms with Crippen molar-refractivity contribution < 1.29 is 47.8 Å². The zero-order valence-electron chi connectivity index (χ0n) is 33.8. The molecule has 1 aromatic carbocycles. The average Bonchev–Trinajstić information content (AvgIpc) is 3.91. The van der Waals surface area contributed by atoms with Gasteiger partial charge in [-0.25, -0.2) is 9.78 Å². The fourth-order valence-corrected chi connectivity index (χ4v) is 7.42. The van der Waals surface area contributed by atoms with Crippen molar-refractivity contribution in [2.75, 3.05) is 20.2 Å². The lowest BCUT2D eigenvalue weighted by atomic mass is 9.98. The highest BCUT2D eigenvalue weighted by atomic mass is 16.6. The van der Waals surface area contributed by atoms with E-state index in [0.29, 0.717) is 25.9 Å². The van der Waals surface area contributed by atoms with Crippen molar-refractivity contribution in [3.05, 3.63) is 59.7 Å². The van der Waals surface area contributed by atoms with Crippen molar-refractivity contribution in [1.29, 1.82) is 0 Å². The Morgan fingerprint density at radius 3 is 2.22 bits per heavy atom. The van der Waals surface area contributed by atoms with Gasteiger partial charge in [0.25, 0.3) is 5.91 Å². The van der Waals surface area contributed by atoms with Crippen molar-refractivity contribution in [2.24, 2.45) is 23.7 Å². The molecule has 2 aromatic rings. The molecule has 5 amide bonds. The topological polar surface area (TPSA) is 223 Å². The molecule has 1 aromatic heterocycles. The van der Waals surface area contributed by atoms with Gasteiger partial charge in [0.2, 0.25) is 29.3 Å². The third-order valence-electron chi connectivity index (χ3n) is 10.9. The van der Waals surface area contributed by atoms with Gasteiger partial charge in [0.05, 0.1) is 31.8 Å². The van der Waals surface area contributed by atoms with Crippen molar-refractivity contribution in [3.8, 4) is 0 Å². The number of ketones is 2. The van der Waals surface area contributed by atoms with Crippen LogP contribution in [-0.2, 0) is 51.2 Å². The fraction of sp³-hybridized carbons (Fsp3) is 0.561. The van der Waals surface area contributed by atoms with Gasteiger partial charge >= 0.3 is 12.1 Å². The Bertz CT molecular complexity index is 1890. The monoisotopic (exact) mass is 803 g/mol. The molecule has 1 saturated carbocycles. The summed E-state index contributed by atoms with van der Waals surface area (Å²) in [6, 6.07) is 3.02. The zero-order chi connectivity index (χ0) is 42.3. The van der Waals surface area contributed by atoms with Crippen LogP contribution in [0.5, 0.6) is 0 Å². The molecule has 2 aliphatic heterocycles. The number of ether oxygens (including phenoxy) is 2. The molecule has 58 heavy (non-hydrogen) atoms. The number of hydrogen-bond acceptors (Lipinski definition) is 12. The predicted octanol–water partition coefficient (Wildman–Crippen LogP) is 1.77. The number of likely N-dealkylation sites (tertiary alicyclic amines) is 1. The lowest BCUT2D eigenvalue weighted by Gasteiger charge is -2.32. The Labute approximate surface area is 337 Å². The Kier molecular flexibility index (Phi) is 14.3. The summed E-state index contributed by atoms with van der Waals surface area (Å²) in [6.07, 6.45) is 3.68. The predicted molar refractivity (Wildman–Crippen MR) is 206 cm³/mol. The van der Waals surface area contributed by atoms with Crippen LogP contribution in [0.4, 0.5) is 4.79 Å². The normalized spacial score (nSPS) is 21.2. The molecule has 2 fully saturated rings. The minimum atomic E-state index is -1.26. The molecule has 3 heterocycles. The van der Waals surface area contributed by atoms with Crippen molar-refractivity contribution in [3.63, 3.8) is 0 Å². The summed E-state index contributed by atoms with van der Waals surface area (Å²) in [6.45, 7) is 9.20. The van der Waals surface area contributed by atoms with Gasteiger partial charge in [0.1, 0.15) is 29.9 Å². The van der Waals surface area contributed by atoms with E-state index in [1.54, 1.807) is 39.5 Å². The maximum absolute atomic E-state index is 14.5. The SMILES string of the molecule is CCC[C@H](NC(=O)[C@@H]1C[C@@H](OC(=O)N2CCc3ccccc3C2)CN1C(=O)C(NC(=O)[C@@H](NC(=O)c1cnccn1)C(C)C)C(C)C)C(=O)C(=O)C1CC1C(=O)OC. The van der Waals surface area contributed by atoms with E-state index in [-0.39, 0.29) is 31.5 Å². The number of methoxy groups -OCH3 is 1. The maximum atomic E-state index is 14.5. The molecule has 3 N–H and O–H groups in total. The first-order valence-electron chi connectivity index (χ1n) is 19.8. The number of nitrogens with zero attached hydrogens (tertiary/aromatic N) is 4. The van der Waals surface area contributed by atoms with E-state index in [9.17, 15) is 38.4 Å². The Morgan fingerprint density at radius 1 is 0.879 bits per heavy atom. The largest absolute Gasteiger partial charge is 0.469 e. The van der Waals surface area contributed by atoms with Crippen molar-refractivity contribution in [1.82, 2.24) is 35.7 Å². The van der Waals surface area contributed by atoms with Crippen molar-refractivity contribution in [2.45, 2.75) is 104 Å². The van der Waals surface area contributed by atoms with E-state index >= 15 is 0 Å². The molecule has 3 aliphatic rings. The van der Waals surface area contributed by atoms with Gasteiger partial charge in [-0.2, -0.15) is 0 Å². The van der Waals surface area contributed by atoms with E-state index in [4.69, 9.17) is 9.47 Å². The second-order valence-corrected chi connectivity index (χ2v) is 15.8. The van der Waals surface area contributed by atoms with Crippen LogP contribution in [0.2, 0.25) is 0 Å². The summed E-state index contributed by atoms with van der Waals surface area (Å²) < 4.78 is 10.7. The lowest BCUT2D eigenvalue weighted by Crippen LogP contribution is -2.59. The van der Waals surface area contributed by atoms with Gasteiger partial charge < -0.3 is 35.2 Å². The first-order valence-corrected chi connectivity index (χ1v) is 19.8. The Hall–Kier alpha value is -5.74. The molecule has 0 bridgehead atoms. The summed E-state index contributed by atoms with van der Waals surface area (Å²) >= 11 is 0. The second kappa shape index (κ2) is 19.1. The molecule has 1 aliphatic carbocycles. The van der Waals surface area contributed by atoms with Crippen LogP contribution in [0.25, 0.3) is 0 Å². The molecule has 17 nitrogen and oxygen atoms in total. The number of carbonyl (C=O) groups is 8. The third-order valence-corrected chi connectivity index (χ3v) is 10.9. The highest BCUT2D eigenvalue weighted by Gasteiger charge is 2.52. The highest BCUT2D eigenvalue weighted by molar-refractivity contribution is 6.41. The van der Waals surface area contributed by atoms with Gasteiger partial charge in [-0.1, -0.05) is 65.3 Å². The summed E-state index contributed by atoms with van der Waals surface area (Å²) in [5.41, 5.74) is 2.12. The summed E-state index contributed by atoms with van der Waals surface area (Å²) in [4.78, 5) is 118. The smallest absolute Gasteiger partial charge is 0.410 e. The molecule has 1 saturated heterocycles. The third kappa shape index (κ3) is 10.2. The number of rotatable bonds is 16. The summed E-state index contributed by atoms with van der Waals surface area (Å²) in [5.74, 6) is -7.36. The first-order chi connectivity index (χ1) is 27.6. The number of fused-ring (bicyclic) bond motifs is 1. The van der Waals surface area contributed by atoms with Crippen LogP contribution in [0.15, 0.2) is 42.9 Å². The van der Waals surface area contributed by atoms with E-state index < -0.39 is 101 Å². The van der Waals surface area contributed by atoms with E-state index in [0.717, 1.165) is 11.1 Å². The zero-order valence-corrected chi connectivity index (χ0v) is 33.8. The standard InChI is InChI=1S/C41H53N7O10/c1-7-10-29(35(50)34(49)27-18-28(27)40(55)57-6)44-37(52)31-17-26(58-41(56)47-16-13-24-11-8-9-12-25(24)20-47)21-48(31)39(54)33(23(4)5)46-38(53)32(22(2)3)45-36(51)30-19-42-14-15-43-30/h8-9,11-12,14-15,19,22-23,26-29,31-33H,7,10,13,16-18,20-21H2,1-6H3,(H,44,52)(H,45,51)(H,46,53)/t26-,27?,28?,29+,31+,32+,33?/m1/s1. The number of Topliss-reactive ketones (excluding diaryl/α,β-unsaturated/α-hetero) is 2. The molecule has 0 spiro atoms. The number of esters is 1. The summed E-state index contributed by atoms with van der Waals surface area (Å²) in [7, 11) is 1.20. The van der Waals surface area contributed by atoms with Crippen LogP contribution in [0.1, 0.15) is 81.9 Å². The van der Waals surface area contributed by atoms with E-state index in [1.165, 1.54) is 30.6 Å². The molecule has 5 rings (SSSR count). The summed E-state index contributed by atoms with van der Waals surface area (Å²) in [5, 5.41) is 8.12. The number of hydrogen-bond donors (Lipinski definition) is 3. The number of carbonyl (C=O) groups excluding carboxylic acids is 8. The van der Waals surface area contributed by atoms with Crippen LogP contribution in [-0.4, -0.2) is 117 Å². The molecule has 7 atom stereocenters. The van der Waals surface area contributed by atoms with Gasteiger partial charge in [-0.15, -0.1) is 0 Å². The van der Waals surface area contributed by atoms with Gasteiger partial charge in [-0.3, -0.25) is 38.5 Å². The van der Waals surface area contributed by atoms with Crippen LogP contribution in [0, 0.1) is 23.7 Å². The van der Waals surface area contributed by atoms with Gasteiger partial charge in [0, 0.05) is 37.8 Å². The number of nitrogens with one attached hydrogen (secondary N) is 3. The van der Waals surface area contributed by atoms with Crippen LogP contribution in [0.3, 0.4) is 0 Å². The molecular weight excluding hydrogens is 750 g/mol. The average molecular weight is 804 g/mol. The number of aromatic nitrogens is 2. The number of amides is 5. The van der Waals surface area contributed by atoms with Crippen LogP contribution >= 0.6 is 0 Å². The quantitative estimate of drug-likeness (QED) is 0.163.